The third-order valence-electron chi connectivity index (χ3n) is 4.66. The molecule has 29 heavy (non-hydrogen) atoms. The Morgan fingerprint density at radius 2 is 1.79 bits per heavy atom. The van der Waals surface area contributed by atoms with E-state index in [9.17, 15) is 13.2 Å². The van der Waals surface area contributed by atoms with Crippen LogP contribution in [-0.2, 0) is 14.8 Å². The number of carbonyl (C=O) groups is 1. The predicted octanol–water partition coefficient (Wildman–Crippen LogP) is 3.32. The van der Waals surface area contributed by atoms with E-state index < -0.39 is 10.0 Å². The summed E-state index contributed by atoms with van der Waals surface area (Å²) < 4.78 is 27.4. The lowest BCUT2D eigenvalue weighted by Gasteiger charge is -2.12. The molecule has 1 aliphatic rings. The van der Waals surface area contributed by atoms with Gasteiger partial charge in [-0.3, -0.25) is 14.5 Å². The number of hydrogen-bond donors (Lipinski definition) is 2. The van der Waals surface area contributed by atoms with Crippen LogP contribution in [0.1, 0.15) is 30.9 Å². The Bertz CT molecular complexity index is 1060. The SMILES string of the molecule is CC1=C(c2ccc(Cl)cc2)S(=O)(=O)NC1=NCC(=O)NC[C@H](C)c1ccccc1. The molecule has 2 N–H and O–H groups in total. The number of carbonyl (C=O) groups excluding carboxylic acids is 1. The first kappa shape index (κ1) is 21.1. The van der Waals surface area contributed by atoms with E-state index in [2.05, 4.69) is 15.0 Å². The van der Waals surface area contributed by atoms with Gasteiger partial charge in [0.15, 0.2) is 0 Å². The van der Waals surface area contributed by atoms with Crippen molar-refractivity contribution >= 4 is 38.3 Å². The Labute approximate surface area is 175 Å². The van der Waals surface area contributed by atoms with E-state index in [0.29, 0.717) is 22.7 Å². The number of amides is 1. The maximum Gasteiger partial charge on any atom is 0.264 e. The van der Waals surface area contributed by atoms with Gasteiger partial charge in [-0.1, -0.05) is 61.0 Å². The fourth-order valence-electron chi connectivity index (χ4n) is 3.06. The van der Waals surface area contributed by atoms with Crippen molar-refractivity contribution < 1.29 is 13.2 Å². The third kappa shape index (κ3) is 5.05. The van der Waals surface area contributed by atoms with Crippen LogP contribution in [0.5, 0.6) is 0 Å². The van der Waals surface area contributed by atoms with Gasteiger partial charge >= 0.3 is 0 Å². The number of halogens is 1. The number of sulfonamides is 1. The fraction of sp³-hybridized carbons (Fsp3) is 0.238. The van der Waals surface area contributed by atoms with Crippen LogP contribution in [0.15, 0.2) is 65.2 Å². The average Bonchev–Trinajstić information content (AvgIpc) is 2.94. The summed E-state index contributed by atoms with van der Waals surface area (Å²) >= 11 is 5.88. The zero-order valence-corrected chi connectivity index (χ0v) is 17.7. The molecule has 6 nitrogen and oxygen atoms in total. The minimum absolute atomic E-state index is 0.144. The van der Waals surface area contributed by atoms with Crippen LogP contribution in [0, 0.1) is 0 Å². The Balaban J connectivity index is 1.67. The van der Waals surface area contributed by atoms with Crippen molar-refractivity contribution in [2.24, 2.45) is 4.99 Å². The normalized spacial score (nSPS) is 17.8. The zero-order chi connectivity index (χ0) is 21.0. The predicted molar refractivity (Wildman–Crippen MR) is 116 cm³/mol. The molecule has 1 aliphatic heterocycles. The minimum atomic E-state index is -3.74. The number of aliphatic imine (C=N–C) groups is 1. The molecule has 3 rings (SSSR count). The molecule has 1 atom stereocenters. The van der Waals surface area contributed by atoms with Crippen molar-refractivity contribution in [2.45, 2.75) is 19.8 Å². The van der Waals surface area contributed by atoms with E-state index >= 15 is 0 Å². The summed E-state index contributed by atoms with van der Waals surface area (Å²) in [6.45, 7) is 4.00. The molecule has 152 valence electrons. The minimum Gasteiger partial charge on any atom is -0.354 e. The quantitative estimate of drug-likeness (QED) is 0.735. The number of rotatable bonds is 6. The van der Waals surface area contributed by atoms with Crippen molar-refractivity contribution in [2.75, 3.05) is 13.1 Å². The average molecular weight is 432 g/mol. The Hall–Kier alpha value is -2.64. The first-order chi connectivity index (χ1) is 13.8. The second kappa shape index (κ2) is 8.80. The van der Waals surface area contributed by atoms with Crippen LogP contribution in [0.25, 0.3) is 4.91 Å². The van der Waals surface area contributed by atoms with Gasteiger partial charge in [0.1, 0.15) is 17.3 Å². The molecule has 0 aliphatic carbocycles. The molecular formula is C21H22ClN3O3S. The first-order valence-corrected chi connectivity index (χ1v) is 11.0. The van der Waals surface area contributed by atoms with Gasteiger partial charge in [-0.05, 0) is 36.1 Å². The van der Waals surface area contributed by atoms with E-state index in [1.807, 2.05) is 37.3 Å². The standard InChI is InChI=1S/C21H22ClN3O3S/c1-14(16-6-4-3-5-7-16)12-23-19(26)13-24-21-15(2)20(29(27,28)25-21)17-8-10-18(22)11-9-17/h3-11,14H,12-13H2,1-2H3,(H,23,26)(H,24,25)/t14-/m0/s1. The summed E-state index contributed by atoms with van der Waals surface area (Å²) in [5.41, 5.74) is 2.12. The molecule has 0 bridgehead atoms. The van der Waals surface area contributed by atoms with Crippen molar-refractivity contribution in [1.82, 2.24) is 10.0 Å². The molecule has 0 spiro atoms. The molecule has 2 aromatic carbocycles. The van der Waals surface area contributed by atoms with Gasteiger partial charge in [0.2, 0.25) is 5.91 Å². The summed E-state index contributed by atoms with van der Waals surface area (Å²) in [5, 5.41) is 3.35. The fourth-order valence-corrected chi connectivity index (χ4v) is 4.71. The molecule has 1 amide bonds. The van der Waals surface area contributed by atoms with Crippen LogP contribution >= 0.6 is 11.6 Å². The van der Waals surface area contributed by atoms with Gasteiger partial charge in [0.05, 0.1) is 0 Å². The summed E-state index contributed by atoms with van der Waals surface area (Å²) in [7, 11) is -3.74. The number of nitrogens with zero attached hydrogens (tertiary/aromatic N) is 1. The van der Waals surface area contributed by atoms with Crippen LogP contribution in [-0.4, -0.2) is 33.3 Å². The van der Waals surface area contributed by atoms with Crippen molar-refractivity contribution in [1.29, 1.82) is 0 Å². The van der Waals surface area contributed by atoms with E-state index in [1.54, 1.807) is 31.2 Å². The van der Waals surface area contributed by atoms with Gasteiger partial charge < -0.3 is 5.32 Å². The largest absolute Gasteiger partial charge is 0.354 e. The summed E-state index contributed by atoms with van der Waals surface area (Å²) in [4.78, 5) is 16.5. The molecular weight excluding hydrogens is 410 g/mol. The molecule has 0 radical (unpaired) electrons. The maximum absolute atomic E-state index is 12.5. The van der Waals surface area contributed by atoms with Crippen LogP contribution in [0.4, 0.5) is 0 Å². The Morgan fingerprint density at radius 1 is 1.14 bits per heavy atom. The number of hydrogen-bond acceptors (Lipinski definition) is 4. The van der Waals surface area contributed by atoms with E-state index in [4.69, 9.17) is 11.6 Å². The molecule has 1 heterocycles. The van der Waals surface area contributed by atoms with Crippen molar-refractivity contribution in [3.63, 3.8) is 0 Å². The number of benzene rings is 2. The monoisotopic (exact) mass is 431 g/mol. The highest BCUT2D eigenvalue weighted by Gasteiger charge is 2.32. The van der Waals surface area contributed by atoms with Crippen molar-refractivity contribution in [3.05, 3.63) is 76.3 Å². The molecule has 8 heteroatoms. The lowest BCUT2D eigenvalue weighted by Crippen LogP contribution is -2.31. The number of nitrogens with one attached hydrogen (secondary N) is 2. The molecule has 0 unspecified atom stereocenters. The molecule has 2 aromatic rings. The Kier molecular flexibility index (Phi) is 6.39. The molecule has 0 aromatic heterocycles. The number of amidine groups is 1. The second-order valence-corrected chi connectivity index (χ2v) is 8.90. The molecule has 0 saturated heterocycles. The third-order valence-corrected chi connectivity index (χ3v) is 6.45. The van der Waals surface area contributed by atoms with Crippen LogP contribution < -0.4 is 10.0 Å². The molecule has 0 fully saturated rings. The van der Waals surface area contributed by atoms with Gasteiger partial charge in [-0.25, -0.2) is 8.42 Å². The van der Waals surface area contributed by atoms with Gasteiger partial charge in [-0.15, -0.1) is 0 Å². The van der Waals surface area contributed by atoms with Crippen molar-refractivity contribution in [3.8, 4) is 0 Å². The maximum atomic E-state index is 12.5. The van der Waals surface area contributed by atoms with Gasteiger partial charge in [0.25, 0.3) is 10.0 Å². The van der Waals surface area contributed by atoms with E-state index in [-0.39, 0.29) is 29.1 Å². The highest BCUT2D eigenvalue weighted by molar-refractivity contribution is 8.00. The Morgan fingerprint density at radius 3 is 2.45 bits per heavy atom. The van der Waals surface area contributed by atoms with Crippen LogP contribution in [0.2, 0.25) is 5.02 Å². The second-order valence-electron chi connectivity index (χ2n) is 6.85. The topological polar surface area (TPSA) is 87.6 Å². The first-order valence-electron chi connectivity index (χ1n) is 9.14. The smallest absolute Gasteiger partial charge is 0.264 e. The lowest BCUT2D eigenvalue weighted by atomic mass is 10.0. The summed E-state index contributed by atoms with van der Waals surface area (Å²) in [5.74, 6) is 0.0735. The summed E-state index contributed by atoms with van der Waals surface area (Å²) in [6, 6.07) is 16.4. The van der Waals surface area contributed by atoms with E-state index in [0.717, 1.165) is 5.56 Å². The molecule has 0 saturated carbocycles. The summed E-state index contributed by atoms with van der Waals surface area (Å²) in [6.07, 6.45) is 0. The lowest BCUT2D eigenvalue weighted by molar-refractivity contribution is -0.119. The zero-order valence-electron chi connectivity index (χ0n) is 16.1. The highest BCUT2D eigenvalue weighted by Crippen LogP contribution is 2.30. The van der Waals surface area contributed by atoms with Gasteiger partial charge in [0, 0.05) is 17.1 Å². The van der Waals surface area contributed by atoms with Gasteiger partial charge in [-0.2, -0.15) is 0 Å². The highest BCUT2D eigenvalue weighted by atomic mass is 35.5. The van der Waals surface area contributed by atoms with E-state index in [1.165, 1.54) is 0 Å². The van der Waals surface area contributed by atoms with Crippen LogP contribution in [0.3, 0.4) is 0 Å².